The van der Waals surface area contributed by atoms with Crippen molar-refractivity contribution < 1.29 is 23.5 Å². The van der Waals surface area contributed by atoms with Gasteiger partial charge < -0.3 is 19.4 Å². The van der Waals surface area contributed by atoms with Gasteiger partial charge in [-0.15, -0.1) is 0 Å². The second-order valence-corrected chi connectivity index (χ2v) is 7.21. The minimum absolute atomic E-state index is 0.139. The van der Waals surface area contributed by atoms with E-state index in [0.29, 0.717) is 23.6 Å². The summed E-state index contributed by atoms with van der Waals surface area (Å²) in [4.78, 5) is 37.8. The van der Waals surface area contributed by atoms with Crippen LogP contribution in [0.25, 0.3) is 0 Å². The number of rotatable bonds is 8. The number of likely N-dealkylation sites (N-methyl/N-ethyl adjacent to an activating group) is 1. The van der Waals surface area contributed by atoms with Crippen molar-refractivity contribution >= 4 is 29.4 Å². The van der Waals surface area contributed by atoms with Gasteiger partial charge in [0.2, 0.25) is 5.91 Å². The van der Waals surface area contributed by atoms with E-state index < -0.39 is 23.9 Å². The Morgan fingerprint density at radius 3 is 2.54 bits per heavy atom. The van der Waals surface area contributed by atoms with Crippen molar-refractivity contribution in [3.05, 3.63) is 59.0 Å². The van der Waals surface area contributed by atoms with Crippen molar-refractivity contribution in [2.45, 2.75) is 24.8 Å². The van der Waals surface area contributed by atoms with Crippen molar-refractivity contribution in [1.29, 1.82) is 0 Å². The van der Waals surface area contributed by atoms with Gasteiger partial charge >= 0.3 is 5.97 Å². The molecule has 1 aromatic carbocycles. The van der Waals surface area contributed by atoms with Gasteiger partial charge in [-0.2, -0.15) is 0 Å². The first-order chi connectivity index (χ1) is 13.4. The van der Waals surface area contributed by atoms with Crippen molar-refractivity contribution in [2.75, 3.05) is 20.2 Å². The van der Waals surface area contributed by atoms with Crippen LogP contribution in [0, 0.1) is 0 Å². The Bertz CT molecular complexity index is 844. The smallest absolute Gasteiger partial charge is 0.317 e. The predicted octanol–water partition coefficient (Wildman–Crippen LogP) is 2.28. The van der Waals surface area contributed by atoms with Crippen LogP contribution in [-0.4, -0.2) is 42.9 Å². The molecular weight excluding hydrogens is 384 g/mol. The second kappa shape index (κ2) is 8.48. The number of nitrogens with one attached hydrogen (secondary N) is 1. The largest absolute Gasteiger partial charge is 0.467 e. The molecule has 1 fully saturated rings. The third kappa shape index (κ3) is 4.72. The summed E-state index contributed by atoms with van der Waals surface area (Å²) in [7, 11) is 1.48. The molecule has 1 saturated carbocycles. The minimum atomic E-state index is -0.691. The number of esters is 1. The zero-order valence-corrected chi connectivity index (χ0v) is 16.2. The van der Waals surface area contributed by atoms with E-state index in [9.17, 15) is 14.4 Å². The molecule has 0 atom stereocenters. The lowest BCUT2D eigenvalue weighted by atomic mass is 9.96. The lowest BCUT2D eigenvalue weighted by molar-refractivity contribution is -0.154. The average Bonchev–Trinajstić information content (AvgIpc) is 3.32. The van der Waals surface area contributed by atoms with Crippen molar-refractivity contribution in [2.24, 2.45) is 0 Å². The molecule has 0 aliphatic heterocycles. The number of amides is 2. The SMILES string of the molecule is CN(CC(=O)NCc1ccco1)C(=O)COC(=O)C1(c2ccc(Cl)cc2)CC1. The average molecular weight is 405 g/mol. The highest BCUT2D eigenvalue weighted by atomic mass is 35.5. The highest BCUT2D eigenvalue weighted by Crippen LogP contribution is 2.49. The normalized spacial score (nSPS) is 14.2. The molecule has 8 heteroatoms. The van der Waals surface area contributed by atoms with Gasteiger partial charge in [-0.05, 0) is 42.7 Å². The first kappa shape index (κ1) is 19.9. The van der Waals surface area contributed by atoms with E-state index in [-0.39, 0.29) is 19.0 Å². The Labute approximate surface area is 167 Å². The molecule has 0 unspecified atom stereocenters. The highest BCUT2D eigenvalue weighted by Gasteiger charge is 2.52. The summed E-state index contributed by atoms with van der Waals surface area (Å²) in [5, 5.41) is 3.24. The standard InChI is InChI=1S/C20H21ClN2O5/c1-23(12-17(24)22-11-16-3-2-10-27-16)18(25)13-28-19(26)20(8-9-20)14-4-6-15(21)7-5-14/h2-7,10H,8-9,11-13H2,1H3,(H,22,24). The zero-order chi connectivity index (χ0) is 20.1. The van der Waals surface area contributed by atoms with E-state index >= 15 is 0 Å². The Kier molecular flexibility index (Phi) is 6.04. The lowest BCUT2D eigenvalue weighted by Crippen LogP contribution is -2.40. The van der Waals surface area contributed by atoms with E-state index in [1.807, 2.05) is 0 Å². The Hall–Kier alpha value is -2.80. The number of hydrogen-bond donors (Lipinski definition) is 1. The van der Waals surface area contributed by atoms with Crippen molar-refractivity contribution in [3.63, 3.8) is 0 Å². The fourth-order valence-electron chi connectivity index (χ4n) is 2.84. The number of carbonyl (C=O) groups excluding carboxylic acids is 3. The maximum Gasteiger partial charge on any atom is 0.317 e. The monoisotopic (exact) mass is 404 g/mol. The van der Waals surface area contributed by atoms with Gasteiger partial charge in [0.15, 0.2) is 6.61 Å². The molecule has 1 aliphatic carbocycles. The Morgan fingerprint density at radius 1 is 1.21 bits per heavy atom. The van der Waals surface area contributed by atoms with Crippen LogP contribution in [-0.2, 0) is 31.1 Å². The molecule has 1 aliphatic rings. The van der Waals surface area contributed by atoms with Crippen LogP contribution in [0.15, 0.2) is 47.1 Å². The fourth-order valence-corrected chi connectivity index (χ4v) is 2.96. The molecule has 3 rings (SSSR count). The summed E-state index contributed by atoms with van der Waals surface area (Å²) >= 11 is 5.89. The van der Waals surface area contributed by atoms with Crippen LogP contribution in [0.4, 0.5) is 0 Å². The molecule has 0 bridgehead atoms. The molecule has 1 heterocycles. The van der Waals surface area contributed by atoms with E-state index in [2.05, 4.69) is 5.32 Å². The zero-order valence-electron chi connectivity index (χ0n) is 15.4. The molecule has 1 aromatic heterocycles. The van der Waals surface area contributed by atoms with Gasteiger partial charge in [-0.3, -0.25) is 14.4 Å². The highest BCUT2D eigenvalue weighted by molar-refractivity contribution is 6.30. The summed E-state index contributed by atoms with van der Waals surface area (Å²) in [5.74, 6) is -0.598. The third-order valence-corrected chi connectivity index (χ3v) is 4.96. The van der Waals surface area contributed by atoms with Crippen LogP contribution < -0.4 is 5.32 Å². The molecule has 0 spiro atoms. The fraction of sp³-hybridized carbons (Fsp3) is 0.350. The maximum atomic E-state index is 12.5. The minimum Gasteiger partial charge on any atom is -0.467 e. The number of ether oxygens (including phenoxy) is 1. The molecule has 28 heavy (non-hydrogen) atoms. The Balaban J connectivity index is 1.44. The molecule has 7 nitrogen and oxygen atoms in total. The van der Waals surface area contributed by atoms with Crippen molar-refractivity contribution in [3.8, 4) is 0 Å². The molecule has 148 valence electrons. The van der Waals surface area contributed by atoms with Crippen LogP contribution in [0.3, 0.4) is 0 Å². The third-order valence-electron chi connectivity index (χ3n) is 4.71. The molecule has 2 amide bonds. The van der Waals surface area contributed by atoms with Gasteiger partial charge in [0, 0.05) is 12.1 Å². The number of nitrogens with zero attached hydrogens (tertiary/aromatic N) is 1. The molecule has 0 saturated heterocycles. The maximum absolute atomic E-state index is 12.5. The number of hydrogen-bond acceptors (Lipinski definition) is 5. The number of furan rings is 1. The van der Waals surface area contributed by atoms with Gasteiger partial charge in [0.25, 0.3) is 5.91 Å². The van der Waals surface area contributed by atoms with E-state index in [0.717, 1.165) is 5.56 Å². The van der Waals surface area contributed by atoms with Gasteiger partial charge in [-0.1, -0.05) is 23.7 Å². The van der Waals surface area contributed by atoms with E-state index in [4.69, 9.17) is 20.8 Å². The summed E-state index contributed by atoms with van der Waals surface area (Å²) in [6.07, 6.45) is 2.86. The summed E-state index contributed by atoms with van der Waals surface area (Å²) < 4.78 is 10.3. The van der Waals surface area contributed by atoms with Crippen LogP contribution in [0.1, 0.15) is 24.2 Å². The first-order valence-electron chi connectivity index (χ1n) is 8.87. The second-order valence-electron chi connectivity index (χ2n) is 6.77. The van der Waals surface area contributed by atoms with Crippen LogP contribution in [0.2, 0.25) is 5.02 Å². The van der Waals surface area contributed by atoms with Crippen LogP contribution in [0.5, 0.6) is 0 Å². The van der Waals surface area contributed by atoms with Gasteiger partial charge in [-0.25, -0.2) is 0 Å². The summed E-state index contributed by atoms with van der Waals surface area (Å²) in [6.45, 7) is -0.304. The topological polar surface area (TPSA) is 88.8 Å². The molecular formula is C20H21ClN2O5. The van der Waals surface area contributed by atoms with Crippen molar-refractivity contribution in [1.82, 2.24) is 10.2 Å². The Morgan fingerprint density at radius 2 is 1.93 bits per heavy atom. The molecule has 1 N–H and O–H groups in total. The summed E-state index contributed by atoms with van der Waals surface area (Å²) in [6, 6.07) is 10.5. The van der Waals surface area contributed by atoms with Gasteiger partial charge in [0.05, 0.1) is 24.8 Å². The van der Waals surface area contributed by atoms with E-state index in [1.54, 1.807) is 36.4 Å². The molecule has 0 radical (unpaired) electrons. The first-order valence-corrected chi connectivity index (χ1v) is 9.25. The van der Waals surface area contributed by atoms with Gasteiger partial charge in [0.1, 0.15) is 5.76 Å². The lowest BCUT2D eigenvalue weighted by Gasteiger charge is -2.18. The quantitative estimate of drug-likeness (QED) is 0.682. The number of benzene rings is 1. The predicted molar refractivity (Wildman–Crippen MR) is 102 cm³/mol. The molecule has 2 aromatic rings. The van der Waals surface area contributed by atoms with Crippen LogP contribution >= 0.6 is 11.6 Å². The number of halogens is 1. The summed E-state index contributed by atoms with van der Waals surface area (Å²) in [5.41, 5.74) is 0.143. The number of carbonyl (C=O) groups is 3. The van der Waals surface area contributed by atoms with E-state index in [1.165, 1.54) is 18.2 Å².